The number of hydrogen-bond donors (Lipinski definition) is 3. The fourth-order valence-corrected chi connectivity index (χ4v) is 6.66. The number of halogens is 1. The number of anilines is 1. The van der Waals surface area contributed by atoms with Gasteiger partial charge in [0.15, 0.2) is 5.75 Å². The molecular weight excluding hydrogens is 564 g/mol. The van der Waals surface area contributed by atoms with Crippen LogP contribution in [0.25, 0.3) is 10.9 Å². The summed E-state index contributed by atoms with van der Waals surface area (Å²) in [5, 5.41) is 3.93. The largest absolute Gasteiger partial charge is 0.496 e. The van der Waals surface area contributed by atoms with Crippen molar-refractivity contribution < 1.29 is 23.8 Å². The zero-order valence-corrected chi connectivity index (χ0v) is 23.3. The highest BCUT2D eigenvalue weighted by Gasteiger charge is 2.63. The van der Waals surface area contributed by atoms with Crippen LogP contribution in [0.1, 0.15) is 40.7 Å². The molecule has 2 aromatic carbocycles. The van der Waals surface area contributed by atoms with Crippen molar-refractivity contribution in [2.75, 3.05) is 19.5 Å². The number of fused-ring (bicyclic) bond motifs is 3. The van der Waals surface area contributed by atoms with Crippen LogP contribution in [0.4, 0.5) is 5.82 Å². The van der Waals surface area contributed by atoms with E-state index in [9.17, 15) is 19.2 Å². The van der Waals surface area contributed by atoms with E-state index in [1.807, 2.05) is 12.1 Å². The van der Waals surface area contributed by atoms with Crippen molar-refractivity contribution in [1.82, 2.24) is 15.0 Å². The number of ketones is 2. The second kappa shape index (κ2) is 9.05. The van der Waals surface area contributed by atoms with E-state index >= 15 is 0 Å². The molecule has 3 N–H and O–H groups in total. The standard InChI is InChI=1S/C30H23ClN4O7/c1-12-9-16-20(25(36)30(12)26(37)21-17(40-2)11-18(41-3)23(31)24(21)42-30)19(22-27(33-16)34-29(39)35-28(22)38)14-6-7-15-13(10-14)5-4-8-32-15/h4-8,10-12,19H,9H2,1-3H3,(H3,33,34,35,38,39)/t12-,19?,30+/m1/s1. The van der Waals surface area contributed by atoms with E-state index in [0.29, 0.717) is 11.3 Å². The van der Waals surface area contributed by atoms with Gasteiger partial charge in [-0.3, -0.25) is 29.3 Å². The smallest absolute Gasteiger partial charge is 0.327 e. The van der Waals surface area contributed by atoms with Crippen molar-refractivity contribution in [3.8, 4) is 17.2 Å². The first-order valence-corrected chi connectivity index (χ1v) is 13.5. The second-order valence-corrected chi connectivity index (χ2v) is 10.9. The van der Waals surface area contributed by atoms with Crippen molar-refractivity contribution in [2.45, 2.75) is 24.9 Å². The predicted molar refractivity (Wildman–Crippen MR) is 153 cm³/mol. The molecule has 0 fully saturated rings. The summed E-state index contributed by atoms with van der Waals surface area (Å²) < 4.78 is 17.2. The molecule has 4 aromatic rings. The van der Waals surface area contributed by atoms with Crippen LogP contribution in [0.5, 0.6) is 17.2 Å². The molecule has 0 saturated carbocycles. The molecule has 3 atom stereocenters. The summed E-state index contributed by atoms with van der Waals surface area (Å²) in [6, 6.07) is 10.5. The molecule has 0 amide bonds. The number of pyridine rings is 1. The molecule has 42 heavy (non-hydrogen) atoms. The maximum Gasteiger partial charge on any atom is 0.327 e. The van der Waals surface area contributed by atoms with E-state index in [2.05, 4.69) is 20.3 Å². The molecule has 7 rings (SSSR count). The molecule has 1 unspecified atom stereocenters. The van der Waals surface area contributed by atoms with E-state index in [1.165, 1.54) is 20.3 Å². The Hall–Kier alpha value is -4.90. The first-order chi connectivity index (χ1) is 20.2. The molecule has 212 valence electrons. The number of hydrogen-bond acceptors (Lipinski definition) is 9. The normalized spacial score (nSPS) is 22.4. The quantitative estimate of drug-likeness (QED) is 0.305. The lowest BCUT2D eigenvalue weighted by Gasteiger charge is -2.42. The van der Waals surface area contributed by atoms with Crippen molar-refractivity contribution in [3.63, 3.8) is 0 Å². The van der Waals surface area contributed by atoms with Gasteiger partial charge in [-0.2, -0.15) is 0 Å². The maximum absolute atomic E-state index is 14.8. The van der Waals surface area contributed by atoms with Crippen LogP contribution >= 0.6 is 11.6 Å². The molecule has 1 spiro atoms. The van der Waals surface area contributed by atoms with E-state index in [0.717, 1.165) is 10.9 Å². The van der Waals surface area contributed by atoms with Crippen molar-refractivity contribution in [1.29, 1.82) is 0 Å². The minimum Gasteiger partial charge on any atom is -0.496 e. The van der Waals surface area contributed by atoms with Gasteiger partial charge in [0.05, 0.1) is 25.3 Å². The average Bonchev–Trinajstić information content (AvgIpc) is 3.29. The second-order valence-electron chi connectivity index (χ2n) is 10.5. The molecule has 0 saturated heterocycles. The first kappa shape index (κ1) is 26.0. The summed E-state index contributed by atoms with van der Waals surface area (Å²) in [6.07, 6.45) is 1.86. The molecule has 4 heterocycles. The van der Waals surface area contributed by atoms with Crippen LogP contribution in [0.2, 0.25) is 5.02 Å². The number of nitrogens with one attached hydrogen (secondary N) is 3. The number of rotatable bonds is 3. The Morgan fingerprint density at radius 2 is 1.81 bits per heavy atom. The third kappa shape index (κ3) is 3.37. The van der Waals surface area contributed by atoms with Crippen LogP contribution in [0.15, 0.2) is 63.5 Å². The van der Waals surface area contributed by atoms with Crippen LogP contribution < -0.4 is 30.8 Å². The lowest BCUT2D eigenvalue weighted by atomic mass is 9.66. The number of H-pyrrole nitrogens is 2. The number of aromatic amines is 2. The third-order valence-corrected chi connectivity index (χ3v) is 8.68. The van der Waals surface area contributed by atoms with Gasteiger partial charge in [-0.1, -0.05) is 30.7 Å². The molecule has 0 bridgehead atoms. The fraction of sp³-hybridized carbons (Fsp3) is 0.233. The van der Waals surface area contributed by atoms with Gasteiger partial charge >= 0.3 is 5.69 Å². The number of ether oxygens (including phenoxy) is 3. The number of Topliss-reactive ketones (excluding diaryl/α,β-unsaturated/α-hetero) is 2. The first-order valence-electron chi connectivity index (χ1n) is 13.1. The Kier molecular flexibility index (Phi) is 5.61. The van der Waals surface area contributed by atoms with Gasteiger partial charge in [0.25, 0.3) is 5.56 Å². The van der Waals surface area contributed by atoms with E-state index in [4.69, 9.17) is 25.8 Å². The van der Waals surface area contributed by atoms with Gasteiger partial charge in [0.2, 0.25) is 17.2 Å². The summed E-state index contributed by atoms with van der Waals surface area (Å²) >= 11 is 6.59. The molecule has 3 aliphatic rings. The van der Waals surface area contributed by atoms with Crippen molar-refractivity contribution >= 4 is 39.9 Å². The molecular formula is C30H23ClN4O7. The molecule has 11 nitrogen and oxygen atoms in total. The van der Waals surface area contributed by atoms with Crippen molar-refractivity contribution in [2.24, 2.45) is 5.92 Å². The topological polar surface area (TPSA) is 152 Å². The lowest BCUT2D eigenvalue weighted by molar-refractivity contribution is -0.130. The van der Waals surface area contributed by atoms with Gasteiger partial charge in [-0.25, -0.2) is 4.79 Å². The van der Waals surface area contributed by atoms with Gasteiger partial charge in [0, 0.05) is 40.8 Å². The zero-order chi connectivity index (χ0) is 29.5. The monoisotopic (exact) mass is 586 g/mol. The molecule has 1 aliphatic carbocycles. The van der Waals surface area contributed by atoms with Crippen molar-refractivity contribution in [3.05, 3.63) is 96.4 Å². The third-order valence-electron chi connectivity index (χ3n) is 8.32. The average molecular weight is 587 g/mol. The highest BCUT2D eigenvalue weighted by atomic mass is 35.5. The number of methoxy groups -OCH3 is 2. The Morgan fingerprint density at radius 3 is 2.57 bits per heavy atom. The zero-order valence-electron chi connectivity index (χ0n) is 22.6. The fourth-order valence-electron chi connectivity index (χ4n) is 6.39. The number of carbonyl (C=O) groups excluding carboxylic acids is 2. The molecule has 2 aromatic heterocycles. The highest BCUT2D eigenvalue weighted by molar-refractivity contribution is 6.36. The number of allylic oxidation sites excluding steroid dienone is 1. The minimum absolute atomic E-state index is 0.00166. The van der Waals surface area contributed by atoms with Crippen LogP contribution in [0, 0.1) is 5.92 Å². The number of aromatic nitrogens is 3. The minimum atomic E-state index is -1.98. The molecule has 0 radical (unpaired) electrons. The number of nitrogens with zero attached hydrogens (tertiary/aromatic N) is 1. The SMILES string of the molecule is COc1cc(OC)c2c(c1Cl)O[C@@]1(C(=O)C3=C(C[C@H]1C)Nc1[nH]c(=O)[nH]c(=O)c1C3c1ccc3ncccc3c1)C2=O. The summed E-state index contributed by atoms with van der Waals surface area (Å²) in [5.74, 6) is -2.25. The summed E-state index contributed by atoms with van der Waals surface area (Å²) in [6.45, 7) is 1.73. The van der Waals surface area contributed by atoms with E-state index in [1.54, 1.807) is 31.3 Å². The Morgan fingerprint density at radius 1 is 1.02 bits per heavy atom. The molecule has 2 aliphatic heterocycles. The van der Waals surface area contributed by atoms with Crippen LogP contribution in [-0.4, -0.2) is 46.3 Å². The number of carbonyl (C=O) groups is 2. The van der Waals surface area contributed by atoms with Gasteiger partial charge in [-0.15, -0.1) is 0 Å². The Labute approximate surface area is 242 Å². The Balaban J connectivity index is 1.46. The maximum atomic E-state index is 14.8. The van der Waals surface area contributed by atoms with E-state index in [-0.39, 0.29) is 51.2 Å². The van der Waals surface area contributed by atoms with Gasteiger partial charge < -0.3 is 19.5 Å². The predicted octanol–water partition coefficient (Wildman–Crippen LogP) is 3.72. The van der Waals surface area contributed by atoms with Crippen LogP contribution in [0.3, 0.4) is 0 Å². The van der Waals surface area contributed by atoms with Crippen LogP contribution in [-0.2, 0) is 4.79 Å². The Bertz CT molecular complexity index is 2030. The highest BCUT2D eigenvalue weighted by Crippen LogP contribution is 2.56. The number of benzene rings is 2. The van der Waals surface area contributed by atoms with E-state index < -0.39 is 40.3 Å². The lowest BCUT2D eigenvalue weighted by Crippen LogP contribution is -2.58. The van der Waals surface area contributed by atoms with Gasteiger partial charge in [0.1, 0.15) is 27.9 Å². The van der Waals surface area contributed by atoms with Gasteiger partial charge in [-0.05, 0) is 30.2 Å². The summed E-state index contributed by atoms with van der Waals surface area (Å²) in [7, 11) is 2.81. The molecule has 12 heteroatoms. The summed E-state index contributed by atoms with van der Waals surface area (Å²) in [4.78, 5) is 64.0. The summed E-state index contributed by atoms with van der Waals surface area (Å²) in [5.41, 5.74) is -1.17.